The molecule has 1 amide bonds. The van der Waals surface area contributed by atoms with E-state index in [9.17, 15) is 4.79 Å². The van der Waals surface area contributed by atoms with Crippen LogP contribution in [0, 0.1) is 0 Å². The van der Waals surface area contributed by atoms with Crippen molar-refractivity contribution in [2.45, 2.75) is 6.54 Å². The number of nitrogens with zero attached hydrogens (tertiary/aromatic N) is 1. The number of nitrogens with one attached hydrogen (secondary N) is 1. The molecule has 0 saturated heterocycles. The van der Waals surface area contributed by atoms with Gasteiger partial charge in [0.25, 0.3) is 5.91 Å². The number of rotatable bonds is 4. The molecule has 0 radical (unpaired) electrons. The van der Waals surface area contributed by atoms with E-state index in [4.69, 9.17) is 4.42 Å². The van der Waals surface area contributed by atoms with Gasteiger partial charge in [-0.2, -0.15) is 0 Å². The number of aromatic nitrogens is 1. The van der Waals surface area contributed by atoms with Crippen LogP contribution in [0.4, 0.5) is 0 Å². The number of hydrogen-bond acceptors (Lipinski definition) is 4. The fourth-order valence-electron chi connectivity index (χ4n) is 1.78. The molecule has 2 aromatic heterocycles. The minimum Gasteiger partial charge on any atom is -0.443 e. The van der Waals surface area contributed by atoms with Gasteiger partial charge >= 0.3 is 0 Å². The second kappa shape index (κ2) is 6.24. The number of carbonyl (C=O) groups is 1. The average Bonchev–Trinajstić information content (AvgIpc) is 3.16. The number of oxazole rings is 1. The van der Waals surface area contributed by atoms with Crippen LogP contribution in [-0.4, -0.2) is 10.9 Å². The van der Waals surface area contributed by atoms with Crippen molar-refractivity contribution in [3.63, 3.8) is 0 Å². The number of carbonyl (C=O) groups excluding carboxylic acids is 1. The molecule has 0 fully saturated rings. The number of amides is 1. The molecule has 3 rings (SSSR count). The van der Waals surface area contributed by atoms with Crippen LogP contribution >= 0.6 is 27.3 Å². The summed E-state index contributed by atoms with van der Waals surface area (Å²) < 4.78 is 6.35. The Balaban J connectivity index is 1.62. The van der Waals surface area contributed by atoms with E-state index in [-0.39, 0.29) is 5.91 Å². The molecule has 1 aromatic carbocycles. The van der Waals surface area contributed by atoms with Crippen molar-refractivity contribution in [2.24, 2.45) is 0 Å². The van der Waals surface area contributed by atoms with E-state index in [0.717, 1.165) is 9.35 Å². The van der Waals surface area contributed by atoms with Crippen LogP contribution < -0.4 is 5.32 Å². The molecule has 1 N–H and O–H groups in total. The van der Waals surface area contributed by atoms with Gasteiger partial charge in [-0.15, -0.1) is 11.3 Å². The molecule has 0 spiro atoms. The van der Waals surface area contributed by atoms with Crippen LogP contribution in [0.1, 0.15) is 16.1 Å². The van der Waals surface area contributed by atoms with Crippen molar-refractivity contribution in [3.05, 3.63) is 63.8 Å². The lowest BCUT2D eigenvalue weighted by atomic mass is 10.2. The lowest BCUT2D eigenvalue weighted by Crippen LogP contribution is -2.22. The fraction of sp³-hybridized carbons (Fsp3) is 0.0667. The Hall–Kier alpha value is -1.92. The Morgan fingerprint density at radius 1 is 1.29 bits per heavy atom. The van der Waals surface area contributed by atoms with Gasteiger partial charge in [0.2, 0.25) is 5.89 Å². The number of thiophene rings is 1. The van der Waals surface area contributed by atoms with Crippen LogP contribution in [0.25, 0.3) is 10.8 Å². The topological polar surface area (TPSA) is 55.1 Å². The summed E-state index contributed by atoms with van der Waals surface area (Å²) in [5.41, 5.74) is 1.31. The number of halogens is 1. The number of hydrogen-bond donors (Lipinski definition) is 1. The third kappa shape index (κ3) is 3.40. The predicted molar refractivity (Wildman–Crippen MR) is 85.1 cm³/mol. The first kappa shape index (κ1) is 14.0. The van der Waals surface area contributed by atoms with E-state index in [1.807, 2.05) is 29.6 Å². The molecule has 4 nitrogen and oxygen atoms in total. The Bertz CT molecular complexity index is 735. The van der Waals surface area contributed by atoms with E-state index >= 15 is 0 Å². The summed E-state index contributed by atoms with van der Waals surface area (Å²) >= 11 is 4.90. The van der Waals surface area contributed by atoms with Crippen LogP contribution in [0.2, 0.25) is 0 Å². The monoisotopic (exact) mass is 362 g/mol. The largest absolute Gasteiger partial charge is 0.443 e. The highest BCUT2D eigenvalue weighted by Crippen LogP contribution is 2.23. The second-order valence-corrected chi connectivity index (χ2v) is 6.17. The zero-order valence-electron chi connectivity index (χ0n) is 10.9. The lowest BCUT2D eigenvalue weighted by Gasteiger charge is -2.02. The summed E-state index contributed by atoms with van der Waals surface area (Å²) in [5.74, 6) is 0.445. The first-order valence-electron chi connectivity index (χ1n) is 6.24. The molecule has 2 heterocycles. The molecule has 106 valence electrons. The summed E-state index contributed by atoms with van der Waals surface area (Å²) in [7, 11) is 0. The quantitative estimate of drug-likeness (QED) is 0.760. The zero-order valence-corrected chi connectivity index (χ0v) is 13.3. The molecule has 0 atom stereocenters. The Labute approximate surface area is 134 Å². The van der Waals surface area contributed by atoms with Crippen molar-refractivity contribution < 1.29 is 9.21 Å². The first-order chi connectivity index (χ1) is 10.2. The SMILES string of the molecule is O=C(NCc1coc(-c2cccs2)n1)c1ccc(Br)cc1. The van der Waals surface area contributed by atoms with Gasteiger partial charge in [-0.1, -0.05) is 22.0 Å². The third-order valence-electron chi connectivity index (χ3n) is 2.82. The van der Waals surface area contributed by atoms with E-state index < -0.39 is 0 Å². The average molecular weight is 363 g/mol. The molecular weight excluding hydrogens is 352 g/mol. The summed E-state index contributed by atoms with van der Waals surface area (Å²) in [5, 5.41) is 4.79. The van der Waals surface area contributed by atoms with Crippen LogP contribution in [-0.2, 0) is 6.54 Å². The van der Waals surface area contributed by atoms with Gasteiger partial charge in [0, 0.05) is 10.0 Å². The minimum atomic E-state index is -0.136. The smallest absolute Gasteiger partial charge is 0.251 e. The highest BCUT2D eigenvalue weighted by molar-refractivity contribution is 9.10. The molecule has 3 aromatic rings. The Morgan fingerprint density at radius 2 is 2.10 bits per heavy atom. The van der Waals surface area contributed by atoms with Gasteiger partial charge in [-0.25, -0.2) is 4.98 Å². The maximum atomic E-state index is 12.0. The van der Waals surface area contributed by atoms with Crippen LogP contribution in [0.15, 0.2) is 56.9 Å². The molecular formula is C15H11BrN2O2S. The van der Waals surface area contributed by atoms with Gasteiger partial charge in [0.05, 0.1) is 17.1 Å². The van der Waals surface area contributed by atoms with Crippen molar-refractivity contribution >= 4 is 33.2 Å². The highest BCUT2D eigenvalue weighted by atomic mass is 79.9. The summed E-state index contributed by atoms with van der Waals surface area (Å²) in [6.45, 7) is 0.337. The van der Waals surface area contributed by atoms with E-state index in [1.165, 1.54) is 0 Å². The summed E-state index contributed by atoms with van der Waals surface area (Å²) in [6, 6.07) is 11.1. The standard InChI is InChI=1S/C15H11BrN2O2S/c16-11-5-3-10(4-6-11)14(19)17-8-12-9-20-15(18-12)13-2-1-7-21-13/h1-7,9H,8H2,(H,17,19). The van der Waals surface area contributed by atoms with E-state index in [0.29, 0.717) is 23.7 Å². The predicted octanol–water partition coefficient (Wildman–Crippen LogP) is 4.10. The highest BCUT2D eigenvalue weighted by Gasteiger charge is 2.09. The third-order valence-corrected chi connectivity index (χ3v) is 4.21. The van der Waals surface area contributed by atoms with E-state index in [1.54, 1.807) is 29.7 Å². The van der Waals surface area contributed by atoms with Gasteiger partial charge in [0.15, 0.2) is 0 Å². The Kier molecular flexibility index (Phi) is 4.17. The van der Waals surface area contributed by atoms with Crippen molar-refractivity contribution in [1.82, 2.24) is 10.3 Å². The second-order valence-electron chi connectivity index (χ2n) is 4.31. The van der Waals surface area contributed by atoms with Gasteiger partial charge in [-0.3, -0.25) is 4.79 Å². The molecule has 21 heavy (non-hydrogen) atoms. The van der Waals surface area contributed by atoms with Crippen molar-refractivity contribution in [2.75, 3.05) is 0 Å². The first-order valence-corrected chi connectivity index (χ1v) is 7.92. The maximum Gasteiger partial charge on any atom is 0.251 e. The molecule has 0 unspecified atom stereocenters. The lowest BCUT2D eigenvalue weighted by molar-refractivity contribution is 0.0950. The number of benzene rings is 1. The van der Waals surface area contributed by atoms with E-state index in [2.05, 4.69) is 26.2 Å². The fourth-order valence-corrected chi connectivity index (χ4v) is 2.70. The Morgan fingerprint density at radius 3 is 2.81 bits per heavy atom. The molecule has 0 aliphatic rings. The summed E-state index contributed by atoms with van der Waals surface area (Å²) in [6.07, 6.45) is 1.57. The molecule has 0 bridgehead atoms. The van der Waals surface area contributed by atoms with Gasteiger partial charge < -0.3 is 9.73 Å². The molecule has 6 heteroatoms. The summed E-state index contributed by atoms with van der Waals surface area (Å²) in [4.78, 5) is 17.3. The zero-order chi connectivity index (χ0) is 14.7. The molecule has 0 saturated carbocycles. The van der Waals surface area contributed by atoms with Crippen LogP contribution in [0.5, 0.6) is 0 Å². The van der Waals surface area contributed by atoms with Crippen LogP contribution in [0.3, 0.4) is 0 Å². The maximum absolute atomic E-state index is 12.0. The molecule has 0 aliphatic heterocycles. The van der Waals surface area contributed by atoms with Gasteiger partial charge in [-0.05, 0) is 35.7 Å². The molecule has 0 aliphatic carbocycles. The minimum absolute atomic E-state index is 0.136. The normalized spacial score (nSPS) is 10.5. The van der Waals surface area contributed by atoms with Gasteiger partial charge in [0.1, 0.15) is 6.26 Å². The van der Waals surface area contributed by atoms with Crippen molar-refractivity contribution in [3.8, 4) is 10.8 Å². The van der Waals surface area contributed by atoms with Crippen molar-refractivity contribution in [1.29, 1.82) is 0 Å².